The Labute approximate surface area is 161 Å². The second-order valence-corrected chi connectivity index (χ2v) is 12.5. The number of hydrogen-bond acceptors (Lipinski definition) is 6. The van der Waals surface area contributed by atoms with E-state index in [-0.39, 0.29) is 24.4 Å². The number of methoxy groups -OCH3 is 1. The first-order chi connectivity index (χ1) is 12.7. The first-order valence-electron chi connectivity index (χ1n) is 9.09. The molecule has 1 aromatic carbocycles. The third-order valence-electron chi connectivity index (χ3n) is 4.68. The molecule has 4 atom stereocenters. The average Bonchev–Trinajstić information content (AvgIpc) is 2.60. The molecule has 2 unspecified atom stereocenters. The standard InChI is InChI=1S/C19H28N2O5Si/c1-24-17-11-19(14-20,26-27(2,3)4)10-16(18(17)21(22)23)13-25-12-15-8-6-5-7-9-15/h5-9,16-18H,10-13H2,1-4H3/t16-,17?,18-,19?/m0/s1. The molecule has 0 heterocycles. The van der Waals surface area contributed by atoms with Gasteiger partial charge in [-0.2, -0.15) is 5.26 Å². The number of ether oxygens (including phenoxy) is 2. The highest BCUT2D eigenvalue weighted by Gasteiger charge is 2.54. The summed E-state index contributed by atoms with van der Waals surface area (Å²) in [6.07, 6.45) is -0.214. The molecule has 1 fully saturated rings. The third-order valence-corrected chi connectivity index (χ3v) is 5.68. The summed E-state index contributed by atoms with van der Waals surface area (Å²) in [5.41, 5.74) is -0.0718. The summed E-state index contributed by atoms with van der Waals surface area (Å²) < 4.78 is 17.4. The van der Waals surface area contributed by atoms with Crippen molar-refractivity contribution in [3.63, 3.8) is 0 Å². The topological polar surface area (TPSA) is 94.6 Å². The van der Waals surface area contributed by atoms with Gasteiger partial charge >= 0.3 is 0 Å². The predicted octanol–water partition coefficient (Wildman–Crippen LogP) is 3.39. The molecule has 0 saturated heterocycles. The van der Waals surface area contributed by atoms with E-state index in [1.54, 1.807) is 0 Å². The third kappa shape index (κ3) is 5.84. The second-order valence-electron chi connectivity index (χ2n) is 8.04. The van der Waals surface area contributed by atoms with Crippen LogP contribution in [0.1, 0.15) is 18.4 Å². The Bertz CT molecular complexity index is 673. The van der Waals surface area contributed by atoms with E-state index in [1.165, 1.54) is 7.11 Å². The Morgan fingerprint density at radius 3 is 2.48 bits per heavy atom. The molecule has 148 valence electrons. The van der Waals surface area contributed by atoms with Crippen LogP contribution in [0.3, 0.4) is 0 Å². The Morgan fingerprint density at radius 1 is 1.30 bits per heavy atom. The molecule has 8 heteroatoms. The number of nitro groups is 1. The highest BCUT2D eigenvalue weighted by molar-refractivity contribution is 6.69. The SMILES string of the molecule is COC1CC(C#N)(O[Si](C)(C)C)C[C@@H](COCc2ccccc2)[C@@H]1[N+](=O)[O-]. The molecule has 1 aliphatic carbocycles. The van der Waals surface area contributed by atoms with Crippen molar-refractivity contribution in [1.29, 1.82) is 5.26 Å². The fourth-order valence-corrected chi connectivity index (χ4v) is 5.14. The van der Waals surface area contributed by atoms with Gasteiger partial charge in [0.05, 0.1) is 25.2 Å². The zero-order chi connectivity index (χ0) is 20.1. The van der Waals surface area contributed by atoms with Crippen LogP contribution < -0.4 is 0 Å². The van der Waals surface area contributed by atoms with Crippen molar-refractivity contribution in [2.45, 2.75) is 56.8 Å². The van der Waals surface area contributed by atoms with Crippen LogP contribution in [0.5, 0.6) is 0 Å². The molecule has 0 N–H and O–H groups in total. The van der Waals surface area contributed by atoms with Crippen molar-refractivity contribution >= 4 is 8.32 Å². The maximum atomic E-state index is 11.7. The molecule has 0 spiro atoms. The van der Waals surface area contributed by atoms with Gasteiger partial charge in [0, 0.05) is 24.9 Å². The molecule has 0 aromatic heterocycles. The van der Waals surface area contributed by atoms with E-state index in [0.29, 0.717) is 6.61 Å². The van der Waals surface area contributed by atoms with E-state index in [9.17, 15) is 15.4 Å². The minimum absolute atomic E-state index is 0.179. The van der Waals surface area contributed by atoms with E-state index in [1.807, 2.05) is 50.0 Å². The lowest BCUT2D eigenvalue weighted by atomic mass is 9.74. The average molecular weight is 393 g/mol. The molecule has 1 aromatic rings. The molecule has 1 saturated carbocycles. The Hall–Kier alpha value is -1.79. The largest absolute Gasteiger partial charge is 0.400 e. The Morgan fingerprint density at radius 2 is 1.96 bits per heavy atom. The quantitative estimate of drug-likeness (QED) is 0.382. The monoisotopic (exact) mass is 392 g/mol. The Kier molecular flexibility index (Phi) is 7.11. The summed E-state index contributed by atoms with van der Waals surface area (Å²) in [5, 5.41) is 21.6. The van der Waals surface area contributed by atoms with E-state index in [2.05, 4.69) is 6.07 Å². The maximum absolute atomic E-state index is 11.7. The normalized spacial score (nSPS) is 28.5. The highest BCUT2D eigenvalue weighted by Crippen LogP contribution is 2.39. The smallest absolute Gasteiger partial charge is 0.244 e. The first-order valence-corrected chi connectivity index (χ1v) is 12.5. The molecular formula is C19H28N2O5Si. The van der Waals surface area contributed by atoms with Gasteiger partial charge < -0.3 is 13.9 Å². The van der Waals surface area contributed by atoms with Crippen LogP contribution in [0.15, 0.2) is 30.3 Å². The van der Waals surface area contributed by atoms with Gasteiger partial charge in [0.15, 0.2) is 8.32 Å². The number of hydrogen-bond donors (Lipinski definition) is 0. The van der Waals surface area contributed by atoms with Crippen LogP contribution in [-0.2, 0) is 20.5 Å². The van der Waals surface area contributed by atoms with Gasteiger partial charge in [0.1, 0.15) is 11.7 Å². The molecule has 27 heavy (non-hydrogen) atoms. The lowest BCUT2D eigenvalue weighted by Gasteiger charge is -2.43. The molecule has 0 aliphatic heterocycles. The van der Waals surface area contributed by atoms with E-state index in [0.717, 1.165) is 5.56 Å². The van der Waals surface area contributed by atoms with Crippen LogP contribution in [0.25, 0.3) is 0 Å². The van der Waals surface area contributed by atoms with E-state index in [4.69, 9.17) is 13.9 Å². The van der Waals surface area contributed by atoms with Gasteiger partial charge in [0.2, 0.25) is 6.04 Å². The summed E-state index contributed by atoms with van der Waals surface area (Å²) in [5.74, 6) is -0.460. The van der Waals surface area contributed by atoms with Crippen LogP contribution in [-0.4, -0.2) is 44.7 Å². The lowest BCUT2D eigenvalue weighted by molar-refractivity contribution is -0.550. The van der Waals surface area contributed by atoms with Crippen molar-refractivity contribution in [2.75, 3.05) is 13.7 Å². The first kappa shape index (κ1) is 21.5. The van der Waals surface area contributed by atoms with Gasteiger partial charge in [-0.15, -0.1) is 0 Å². The summed E-state index contributed by atoms with van der Waals surface area (Å²) in [7, 11) is -0.582. The van der Waals surface area contributed by atoms with Crippen molar-refractivity contribution in [3.05, 3.63) is 46.0 Å². The molecule has 0 amide bonds. The van der Waals surface area contributed by atoms with E-state index >= 15 is 0 Å². The molecule has 0 radical (unpaired) electrons. The zero-order valence-corrected chi connectivity index (χ0v) is 17.4. The number of nitriles is 1. The number of rotatable bonds is 8. The molecule has 7 nitrogen and oxygen atoms in total. The summed E-state index contributed by atoms with van der Waals surface area (Å²) >= 11 is 0. The fraction of sp³-hybridized carbons (Fsp3) is 0.632. The van der Waals surface area contributed by atoms with Gasteiger partial charge in [0.25, 0.3) is 0 Å². The van der Waals surface area contributed by atoms with Crippen LogP contribution in [0, 0.1) is 27.4 Å². The van der Waals surface area contributed by atoms with Gasteiger partial charge in [-0.3, -0.25) is 10.1 Å². The zero-order valence-electron chi connectivity index (χ0n) is 16.4. The molecule has 0 bridgehead atoms. The maximum Gasteiger partial charge on any atom is 0.244 e. The van der Waals surface area contributed by atoms with Gasteiger partial charge in [-0.1, -0.05) is 30.3 Å². The number of benzene rings is 1. The second kappa shape index (κ2) is 8.93. The van der Waals surface area contributed by atoms with Crippen LogP contribution >= 0.6 is 0 Å². The summed E-state index contributed by atoms with van der Waals surface area (Å²) in [4.78, 5) is 11.4. The van der Waals surface area contributed by atoms with E-state index < -0.39 is 32.0 Å². The van der Waals surface area contributed by atoms with Crippen molar-refractivity contribution < 1.29 is 18.8 Å². The van der Waals surface area contributed by atoms with Gasteiger partial charge in [-0.25, -0.2) is 0 Å². The summed E-state index contributed by atoms with van der Waals surface area (Å²) in [6, 6.07) is 11.0. The molecular weight excluding hydrogens is 364 g/mol. The predicted molar refractivity (Wildman–Crippen MR) is 103 cm³/mol. The van der Waals surface area contributed by atoms with Crippen molar-refractivity contribution in [3.8, 4) is 6.07 Å². The van der Waals surface area contributed by atoms with Crippen LogP contribution in [0.4, 0.5) is 0 Å². The number of nitrogens with zero attached hydrogens (tertiary/aromatic N) is 2. The summed E-state index contributed by atoms with van der Waals surface area (Å²) in [6.45, 7) is 6.57. The fourth-order valence-electron chi connectivity index (χ4n) is 3.75. The van der Waals surface area contributed by atoms with Crippen molar-refractivity contribution in [2.24, 2.45) is 5.92 Å². The van der Waals surface area contributed by atoms with Gasteiger partial charge in [-0.05, 0) is 25.2 Å². The lowest BCUT2D eigenvalue weighted by Crippen LogP contribution is -2.57. The molecule has 2 rings (SSSR count). The minimum Gasteiger partial charge on any atom is -0.400 e. The van der Waals surface area contributed by atoms with Crippen LogP contribution in [0.2, 0.25) is 19.6 Å². The minimum atomic E-state index is -2.03. The molecule has 1 aliphatic rings. The highest BCUT2D eigenvalue weighted by atomic mass is 28.4. The Balaban J connectivity index is 2.18. The van der Waals surface area contributed by atoms with Crippen molar-refractivity contribution in [1.82, 2.24) is 0 Å².